The first-order chi connectivity index (χ1) is 35.3. The zero-order valence-corrected chi connectivity index (χ0v) is 43.8. The van der Waals surface area contributed by atoms with Crippen LogP contribution in [0.3, 0.4) is 0 Å². The first kappa shape index (κ1) is 53.3. The molecule has 2 aliphatic heterocycles. The lowest BCUT2D eigenvalue weighted by Gasteiger charge is -2.41. The van der Waals surface area contributed by atoms with Crippen molar-refractivity contribution in [3.8, 4) is 11.5 Å². The molecule has 74 heavy (non-hydrogen) atoms. The number of benzene rings is 4. The van der Waals surface area contributed by atoms with Gasteiger partial charge >= 0.3 is 11.4 Å². The highest BCUT2D eigenvalue weighted by molar-refractivity contribution is 6.74. The van der Waals surface area contributed by atoms with Gasteiger partial charge in [0.25, 0.3) is 11.5 Å². The summed E-state index contributed by atoms with van der Waals surface area (Å²) >= 11 is 0. The Kier molecular flexibility index (Phi) is 16.0. The third kappa shape index (κ3) is 11.4. The number of rotatable bonds is 18. The summed E-state index contributed by atoms with van der Waals surface area (Å²) in [5.41, 5.74) is -0.254. The summed E-state index contributed by atoms with van der Waals surface area (Å²) in [4.78, 5) is 73.4. The molecule has 4 aromatic carbocycles. The first-order valence-corrected chi connectivity index (χ1v) is 27.4. The number of amides is 2. The van der Waals surface area contributed by atoms with Crippen molar-refractivity contribution in [1.29, 1.82) is 0 Å². The van der Waals surface area contributed by atoms with Crippen molar-refractivity contribution < 1.29 is 42.8 Å². The number of ether oxygens (including phenoxy) is 5. The molecule has 7 atom stereocenters. The Balaban J connectivity index is 1.18. The maximum Gasteiger partial charge on any atom is 0.351 e. The summed E-state index contributed by atoms with van der Waals surface area (Å²) in [6.07, 6.45) is -3.12. The number of anilines is 1. The Morgan fingerprint density at radius 2 is 1.41 bits per heavy atom. The molecular formula is C55H64N6O12Si. The molecule has 4 N–H and O–H groups in total. The van der Waals surface area contributed by atoms with Crippen LogP contribution in [0, 0.1) is 12.8 Å². The van der Waals surface area contributed by atoms with Gasteiger partial charge in [0, 0.05) is 48.8 Å². The lowest BCUT2D eigenvalue weighted by molar-refractivity contribution is -0.125. The van der Waals surface area contributed by atoms with Crippen LogP contribution in [0.5, 0.6) is 11.5 Å². The maximum absolute atomic E-state index is 14.5. The van der Waals surface area contributed by atoms with Gasteiger partial charge in [0.2, 0.25) is 5.91 Å². The van der Waals surface area contributed by atoms with Gasteiger partial charge in [-0.1, -0.05) is 93.6 Å². The van der Waals surface area contributed by atoms with E-state index in [-0.39, 0.29) is 36.8 Å². The van der Waals surface area contributed by atoms with Crippen molar-refractivity contribution in [2.45, 2.75) is 101 Å². The van der Waals surface area contributed by atoms with Crippen LogP contribution in [0.15, 0.2) is 142 Å². The topological polar surface area (TPSA) is 224 Å². The van der Waals surface area contributed by atoms with Crippen LogP contribution in [0.4, 0.5) is 5.82 Å². The van der Waals surface area contributed by atoms with E-state index in [0.29, 0.717) is 22.6 Å². The molecular weight excluding hydrogens is 965 g/mol. The summed E-state index contributed by atoms with van der Waals surface area (Å²) in [7, 11) is 0.428. The molecule has 2 amide bonds. The molecule has 2 saturated heterocycles. The smallest absolute Gasteiger partial charge is 0.351 e. The summed E-state index contributed by atoms with van der Waals surface area (Å²) in [6.45, 7) is 11.7. The molecule has 390 valence electrons. The molecule has 0 saturated carbocycles. The van der Waals surface area contributed by atoms with Gasteiger partial charge in [-0.15, -0.1) is 0 Å². The number of nitrogens with zero attached hydrogens (tertiary/aromatic N) is 3. The van der Waals surface area contributed by atoms with Crippen molar-refractivity contribution >= 4 is 25.9 Å². The second-order valence-corrected chi connectivity index (χ2v) is 24.9. The van der Waals surface area contributed by atoms with Gasteiger partial charge in [0.1, 0.15) is 35.2 Å². The highest BCUT2D eigenvalue weighted by atomic mass is 28.4. The summed E-state index contributed by atoms with van der Waals surface area (Å²) in [5.74, 6) is -0.351. The molecule has 18 nitrogen and oxygen atoms in total. The molecule has 6 aromatic rings. The van der Waals surface area contributed by atoms with E-state index in [9.17, 15) is 29.1 Å². The van der Waals surface area contributed by atoms with Gasteiger partial charge in [-0.2, -0.15) is 4.98 Å². The molecule has 0 spiro atoms. The van der Waals surface area contributed by atoms with E-state index in [2.05, 4.69) is 54.5 Å². The fourth-order valence-electron chi connectivity index (χ4n) is 9.18. The Morgan fingerprint density at radius 3 is 1.99 bits per heavy atom. The predicted molar refractivity (Wildman–Crippen MR) is 279 cm³/mol. The number of aliphatic hydroxyl groups is 1. The summed E-state index contributed by atoms with van der Waals surface area (Å²) in [5, 5.41) is 16.4. The number of aryl methyl sites for hydroxylation is 1. The highest BCUT2D eigenvalue weighted by Gasteiger charge is 2.53. The number of nitrogens with one attached hydrogen (secondary N) is 3. The number of aromatic amines is 1. The molecule has 0 aliphatic carbocycles. The largest absolute Gasteiger partial charge is 0.497 e. The van der Waals surface area contributed by atoms with Crippen LogP contribution in [0.1, 0.15) is 78.7 Å². The minimum atomic E-state index is -2.76. The van der Waals surface area contributed by atoms with Gasteiger partial charge < -0.3 is 43.9 Å². The third-order valence-electron chi connectivity index (χ3n) is 14.3. The van der Waals surface area contributed by atoms with Crippen molar-refractivity contribution in [2.75, 3.05) is 32.7 Å². The molecule has 0 unspecified atom stereocenters. The monoisotopic (exact) mass is 1030 g/mol. The van der Waals surface area contributed by atoms with E-state index in [1.54, 1.807) is 51.5 Å². The third-order valence-corrected chi connectivity index (χ3v) is 18.8. The minimum Gasteiger partial charge on any atom is -0.497 e. The van der Waals surface area contributed by atoms with Crippen molar-refractivity contribution in [3.63, 3.8) is 0 Å². The number of hydrogen-bond acceptors (Lipinski definition) is 13. The van der Waals surface area contributed by atoms with E-state index in [1.165, 1.54) is 27.6 Å². The SMILES string of the molecule is COc1ccc(C(OC[C@H]2O[C@@H](n3ccc(NC(=O)c4ccccc4)nc3=O)[C@H](O[Si](C)(C)C(C)(C)C)[C@@H]2CC(=O)NC[C@H]2O[C@@H](n3cc(C)c(=O)[nH]c3=O)C[C@@H]2O)(c2ccccc2)c2ccc(OC)cc2)cc1. The average Bonchev–Trinajstić information content (AvgIpc) is 3.92. The molecule has 0 bridgehead atoms. The fourth-order valence-corrected chi connectivity index (χ4v) is 10.5. The van der Waals surface area contributed by atoms with Crippen LogP contribution in [0.2, 0.25) is 18.1 Å². The van der Waals surface area contributed by atoms with Crippen molar-refractivity contribution in [2.24, 2.45) is 5.92 Å². The Bertz CT molecular complexity index is 3040. The quantitative estimate of drug-likeness (QED) is 0.0538. The van der Waals surface area contributed by atoms with Crippen molar-refractivity contribution in [3.05, 3.63) is 187 Å². The second kappa shape index (κ2) is 22.2. The zero-order valence-electron chi connectivity index (χ0n) is 42.8. The van der Waals surface area contributed by atoms with Crippen LogP contribution in [0.25, 0.3) is 0 Å². The highest BCUT2D eigenvalue weighted by Crippen LogP contribution is 2.47. The number of hydrogen-bond donors (Lipinski definition) is 4. The summed E-state index contributed by atoms with van der Waals surface area (Å²) < 4.78 is 41.5. The van der Waals surface area contributed by atoms with Gasteiger partial charge in [-0.05, 0) is 84.2 Å². The standard InChI is InChI=1S/C55H64N6O12Si/c1-34-32-61(53(67)59-49(34)64)47-30-42(62)43(71-47)31-56-46(63)29-41-44(33-70-55(36-17-13-10-14-18-36,37-19-23-39(68-5)24-20-37)38-21-25-40(69-6)26-22-38)72-51(48(41)73-74(7,8)54(2,3)4)60-28-27-45(58-52(60)66)57-50(65)35-15-11-9-12-16-35/h9-28,32,41-44,47-48,51,62H,29-31,33H2,1-8H3,(H,56,63)(H,59,64,67)(H,57,58,65,66)/t41-,42+,43-,44-,47-,48-,51-/m1/s1. The van der Waals surface area contributed by atoms with Gasteiger partial charge in [0.15, 0.2) is 14.5 Å². The molecule has 4 heterocycles. The van der Waals surface area contributed by atoms with Crippen LogP contribution in [-0.2, 0) is 29.0 Å². The van der Waals surface area contributed by atoms with Crippen LogP contribution < -0.4 is 37.0 Å². The molecule has 19 heteroatoms. The Labute approximate surface area is 429 Å². The van der Waals surface area contributed by atoms with E-state index >= 15 is 0 Å². The fraction of sp³-hybridized carbons (Fsp3) is 0.382. The normalized spacial score (nSPS) is 21.0. The molecule has 2 aromatic heterocycles. The lowest BCUT2D eigenvalue weighted by atomic mass is 9.79. The number of carbonyl (C=O) groups excluding carboxylic acids is 2. The van der Waals surface area contributed by atoms with Crippen molar-refractivity contribution in [1.82, 2.24) is 24.4 Å². The van der Waals surface area contributed by atoms with E-state index in [4.69, 9.17) is 28.1 Å². The Hall–Kier alpha value is -7.00. The number of carbonyl (C=O) groups is 2. The lowest BCUT2D eigenvalue weighted by Crippen LogP contribution is -2.49. The average molecular weight is 1030 g/mol. The van der Waals surface area contributed by atoms with Gasteiger partial charge in [-0.3, -0.25) is 28.5 Å². The van der Waals surface area contributed by atoms with E-state index in [1.807, 2.05) is 78.9 Å². The van der Waals surface area contributed by atoms with Gasteiger partial charge in [0.05, 0.1) is 39.1 Å². The van der Waals surface area contributed by atoms with Crippen LogP contribution >= 0.6 is 0 Å². The Morgan fingerprint density at radius 1 is 0.811 bits per heavy atom. The second-order valence-electron chi connectivity index (χ2n) is 20.1. The number of aliphatic hydroxyl groups excluding tert-OH is 1. The van der Waals surface area contributed by atoms with E-state index < -0.39 is 85.5 Å². The van der Waals surface area contributed by atoms with E-state index in [0.717, 1.165) is 16.7 Å². The number of methoxy groups -OCH3 is 2. The predicted octanol–water partition coefficient (Wildman–Crippen LogP) is 6.44. The number of H-pyrrole nitrogens is 1. The zero-order chi connectivity index (χ0) is 53.0. The minimum absolute atomic E-state index is 0.0292. The molecule has 2 fully saturated rings. The first-order valence-electron chi connectivity index (χ1n) is 24.5. The maximum atomic E-state index is 14.5. The van der Waals surface area contributed by atoms with Gasteiger partial charge in [-0.25, -0.2) is 9.59 Å². The molecule has 8 rings (SSSR count). The number of aromatic nitrogens is 4. The summed E-state index contributed by atoms with van der Waals surface area (Å²) in [6, 6.07) is 35.0. The molecule has 2 aliphatic rings. The molecule has 0 radical (unpaired) electrons. The van der Waals surface area contributed by atoms with Crippen LogP contribution in [-0.4, -0.2) is 96.1 Å².